The zero-order valence-electron chi connectivity index (χ0n) is 10.8. The fourth-order valence-electron chi connectivity index (χ4n) is 2.23. The van der Waals surface area contributed by atoms with Gasteiger partial charge in [-0.05, 0) is 36.9 Å². The van der Waals surface area contributed by atoms with Gasteiger partial charge in [-0.1, -0.05) is 11.6 Å². The van der Waals surface area contributed by atoms with Crippen molar-refractivity contribution in [3.8, 4) is 0 Å². The van der Waals surface area contributed by atoms with Crippen molar-refractivity contribution < 1.29 is 10.4 Å². The Kier molecular flexibility index (Phi) is 3.79. The van der Waals surface area contributed by atoms with Gasteiger partial charge in [-0.2, -0.15) is 0 Å². The van der Waals surface area contributed by atoms with Crippen molar-refractivity contribution in [2.45, 2.75) is 20.4 Å². The lowest BCUT2D eigenvalue weighted by atomic mass is 10.1. The van der Waals surface area contributed by atoms with Crippen LogP contribution in [0.3, 0.4) is 0 Å². The molecule has 0 bridgehead atoms. The third-order valence-corrected chi connectivity index (χ3v) is 3.07. The highest BCUT2D eigenvalue weighted by Gasteiger charge is 2.06. The highest BCUT2D eigenvalue weighted by molar-refractivity contribution is 5.82. The van der Waals surface area contributed by atoms with Crippen molar-refractivity contribution in [3.05, 3.63) is 45.2 Å². The van der Waals surface area contributed by atoms with E-state index < -0.39 is 0 Å². The van der Waals surface area contributed by atoms with Gasteiger partial charge < -0.3 is 15.4 Å². The van der Waals surface area contributed by atoms with E-state index in [4.69, 9.17) is 5.11 Å². The van der Waals surface area contributed by atoms with Crippen LogP contribution in [-0.2, 0) is 6.54 Å². The number of fused-ring (bicyclic) bond motifs is 1. The molecule has 2 rings (SSSR count). The zero-order valence-corrected chi connectivity index (χ0v) is 10.8. The summed E-state index contributed by atoms with van der Waals surface area (Å²) in [5, 5.41) is 11.7. The van der Waals surface area contributed by atoms with Crippen LogP contribution in [-0.4, -0.2) is 23.2 Å². The lowest BCUT2D eigenvalue weighted by Crippen LogP contribution is -2.83. The second-order valence-electron chi connectivity index (χ2n) is 4.67. The molecule has 0 aliphatic rings. The smallest absolute Gasteiger partial charge is 0.257 e. The minimum absolute atomic E-state index is 0.0383. The van der Waals surface area contributed by atoms with Gasteiger partial charge in [0.1, 0.15) is 6.54 Å². The van der Waals surface area contributed by atoms with Gasteiger partial charge in [-0.15, -0.1) is 0 Å². The Morgan fingerprint density at radius 1 is 1.28 bits per heavy atom. The number of nitrogens with one attached hydrogen (secondary N) is 1. The van der Waals surface area contributed by atoms with E-state index in [1.807, 2.05) is 18.3 Å². The summed E-state index contributed by atoms with van der Waals surface area (Å²) in [4.78, 5) is 14.9. The molecule has 2 aromatic rings. The standard InChI is InChI=1S/C14H18N2O2/c1-9-5-10(2)13-11(6-9)7-12(14(18)16-13)8-15-3-4-17/h5-7,15,17H,3-4,8H2,1-2H3,(H,16,18)/p+1. The number of aromatic nitrogens is 1. The van der Waals surface area contributed by atoms with Gasteiger partial charge in [-0.3, -0.25) is 4.79 Å². The molecule has 1 aromatic carbocycles. The molecular weight excluding hydrogens is 228 g/mol. The van der Waals surface area contributed by atoms with E-state index in [2.05, 4.69) is 24.0 Å². The minimum atomic E-state index is -0.0383. The Balaban J connectivity index is 2.44. The first kappa shape index (κ1) is 12.8. The van der Waals surface area contributed by atoms with Gasteiger partial charge in [0.05, 0.1) is 24.2 Å². The Morgan fingerprint density at radius 2 is 2.06 bits per heavy atom. The van der Waals surface area contributed by atoms with Gasteiger partial charge in [0.25, 0.3) is 5.56 Å². The number of hydrogen-bond donors (Lipinski definition) is 3. The molecule has 0 amide bonds. The van der Waals surface area contributed by atoms with Crippen LogP contribution in [0, 0.1) is 13.8 Å². The summed E-state index contributed by atoms with van der Waals surface area (Å²) in [5.41, 5.74) is 3.91. The molecule has 1 heterocycles. The number of quaternary nitrogens is 1. The van der Waals surface area contributed by atoms with E-state index in [0.29, 0.717) is 13.1 Å². The van der Waals surface area contributed by atoms with Crippen molar-refractivity contribution in [1.82, 2.24) is 4.98 Å². The zero-order chi connectivity index (χ0) is 13.1. The molecule has 4 nitrogen and oxygen atoms in total. The van der Waals surface area contributed by atoms with Crippen LogP contribution < -0.4 is 10.9 Å². The van der Waals surface area contributed by atoms with Crippen molar-refractivity contribution in [2.24, 2.45) is 0 Å². The highest BCUT2D eigenvalue weighted by Crippen LogP contribution is 2.17. The summed E-state index contributed by atoms with van der Waals surface area (Å²) in [6.07, 6.45) is 0. The third kappa shape index (κ3) is 2.60. The van der Waals surface area contributed by atoms with Gasteiger partial charge in [0.2, 0.25) is 0 Å². The summed E-state index contributed by atoms with van der Waals surface area (Å²) in [6.45, 7) is 5.39. The van der Waals surface area contributed by atoms with Crippen molar-refractivity contribution in [3.63, 3.8) is 0 Å². The average Bonchev–Trinajstić information content (AvgIpc) is 2.31. The molecule has 18 heavy (non-hydrogen) atoms. The van der Waals surface area contributed by atoms with Gasteiger partial charge in [-0.25, -0.2) is 0 Å². The van der Waals surface area contributed by atoms with Crippen LogP contribution in [0.5, 0.6) is 0 Å². The van der Waals surface area contributed by atoms with Crippen molar-refractivity contribution >= 4 is 10.9 Å². The van der Waals surface area contributed by atoms with Crippen LogP contribution in [0.1, 0.15) is 16.7 Å². The first-order chi connectivity index (χ1) is 8.61. The molecular formula is C14H19N2O2+. The van der Waals surface area contributed by atoms with Crippen LogP contribution in [0.2, 0.25) is 0 Å². The monoisotopic (exact) mass is 247 g/mol. The van der Waals surface area contributed by atoms with Crippen molar-refractivity contribution in [1.29, 1.82) is 0 Å². The second-order valence-corrected chi connectivity index (χ2v) is 4.67. The van der Waals surface area contributed by atoms with Crippen LogP contribution in [0.15, 0.2) is 23.0 Å². The number of H-pyrrole nitrogens is 1. The number of pyridine rings is 1. The number of aromatic amines is 1. The van der Waals surface area contributed by atoms with Crippen LogP contribution in [0.4, 0.5) is 0 Å². The van der Waals surface area contributed by atoms with E-state index in [-0.39, 0.29) is 12.2 Å². The van der Waals surface area contributed by atoms with Gasteiger partial charge in [0, 0.05) is 0 Å². The van der Waals surface area contributed by atoms with E-state index >= 15 is 0 Å². The SMILES string of the molecule is Cc1cc(C)c2[nH]c(=O)c(C[NH2+]CCO)cc2c1. The van der Waals surface area contributed by atoms with E-state index in [1.54, 1.807) is 0 Å². The van der Waals surface area contributed by atoms with Gasteiger partial charge in [0.15, 0.2) is 0 Å². The summed E-state index contributed by atoms with van der Waals surface area (Å²) < 4.78 is 0. The molecule has 0 saturated carbocycles. The summed E-state index contributed by atoms with van der Waals surface area (Å²) in [5.74, 6) is 0. The lowest BCUT2D eigenvalue weighted by molar-refractivity contribution is -0.671. The van der Waals surface area contributed by atoms with E-state index in [1.165, 1.54) is 5.56 Å². The number of benzene rings is 1. The number of rotatable bonds is 4. The highest BCUT2D eigenvalue weighted by atomic mass is 16.3. The molecule has 0 aliphatic carbocycles. The van der Waals surface area contributed by atoms with E-state index in [9.17, 15) is 4.79 Å². The predicted molar refractivity (Wildman–Crippen MR) is 71.6 cm³/mol. The van der Waals surface area contributed by atoms with Crippen molar-refractivity contribution in [2.75, 3.05) is 13.2 Å². The first-order valence-electron chi connectivity index (χ1n) is 6.17. The molecule has 96 valence electrons. The Labute approximate surface area is 106 Å². The summed E-state index contributed by atoms with van der Waals surface area (Å²) in [7, 11) is 0. The summed E-state index contributed by atoms with van der Waals surface area (Å²) in [6, 6.07) is 6.09. The number of hydrogen-bond acceptors (Lipinski definition) is 2. The second kappa shape index (κ2) is 5.33. The maximum Gasteiger partial charge on any atom is 0.257 e. The predicted octanol–water partition coefficient (Wildman–Crippen LogP) is 0.201. The number of aliphatic hydroxyl groups is 1. The number of aliphatic hydroxyl groups excluding tert-OH is 1. The largest absolute Gasteiger partial charge is 0.391 e. The quantitative estimate of drug-likeness (QED) is 0.676. The number of aryl methyl sites for hydroxylation is 2. The topological polar surface area (TPSA) is 69.7 Å². The average molecular weight is 247 g/mol. The Hall–Kier alpha value is -1.65. The molecule has 0 aliphatic heterocycles. The number of nitrogens with two attached hydrogens (primary N) is 1. The molecule has 0 spiro atoms. The van der Waals surface area contributed by atoms with Crippen LogP contribution in [0.25, 0.3) is 10.9 Å². The van der Waals surface area contributed by atoms with E-state index in [0.717, 1.165) is 22.0 Å². The molecule has 0 atom stereocenters. The molecule has 4 heteroatoms. The molecule has 0 fully saturated rings. The molecule has 0 saturated heterocycles. The maximum absolute atomic E-state index is 11.9. The lowest BCUT2D eigenvalue weighted by Gasteiger charge is -2.06. The maximum atomic E-state index is 11.9. The molecule has 0 unspecified atom stereocenters. The Bertz CT molecular complexity index is 617. The minimum Gasteiger partial charge on any atom is -0.391 e. The molecule has 0 radical (unpaired) electrons. The molecule has 1 aromatic heterocycles. The molecule has 4 N–H and O–H groups in total. The third-order valence-electron chi connectivity index (χ3n) is 3.07. The summed E-state index contributed by atoms with van der Waals surface area (Å²) >= 11 is 0. The Morgan fingerprint density at radius 3 is 2.78 bits per heavy atom. The van der Waals surface area contributed by atoms with Crippen LogP contribution >= 0.6 is 0 Å². The first-order valence-corrected chi connectivity index (χ1v) is 6.17. The van der Waals surface area contributed by atoms with Gasteiger partial charge >= 0.3 is 0 Å². The fraction of sp³-hybridized carbons (Fsp3) is 0.357. The normalized spacial score (nSPS) is 11.1. The fourth-order valence-corrected chi connectivity index (χ4v) is 2.23.